The minimum Gasteiger partial charge on any atom is -0.462 e. The molecule has 2 N–H and O–H groups in total. The van der Waals surface area contributed by atoms with Gasteiger partial charge in [0.15, 0.2) is 0 Å². The van der Waals surface area contributed by atoms with Crippen LogP contribution >= 0.6 is 11.3 Å². The summed E-state index contributed by atoms with van der Waals surface area (Å²) in [5.74, 6) is -0.497. The molecule has 0 spiro atoms. The van der Waals surface area contributed by atoms with E-state index in [4.69, 9.17) is 14.6 Å². The van der Waals surface area contributed by atoms with Crippen LogP contribution in [0.4, 0.5) is 10.5 Å². The van der Waals surface area contributed by atoms with E-state index in [2.05, 4.69) is 4.72 Å². The average Bonchev–Trinajstić information content (AvgIpc) is 3.09. The number of rotatable bonds is 7. The largest absolute Gasteiger partial charge is 0.512 e. The summed E-state index contributed by atoms with van der Waals surface area (Å²) in [4.78, 5) is 23.7. The van der Waals surface area contributed by atoms with E-state index < -0.39 is 22.1 Å². The molecule has 1 aromatic heterocycles. The fourth-order valence-corrected chi connectivity index (χ4v) is 5.13. The second-order valence-electron chi connectivity index (χ2n) is 6.35. The molecule has 0 amide bonds. The Morgan fingerprint density at radius 2 is 1.84 bits per heavy atom. The molecule has 31 heavy (non-hydrogen) atoms. The number of thiophene rings is 1. The van der Waals surface area contributed by atoms with Crippen molar-refractivity contribution in [3.63, 3.8) is 0 Å². The SMILES string of the molecule is CCOC(=O)c1cccc(-c2cc(NS(=O)(=O)c3ccccc3C)c(OC(=O)O)s2)c1. The van der Waals surface area contributed by atoms with Crippen LogP contribution in [0.2, 0.25) is 0 Å². The van der Waals surface area contributed by atoms with Gasteiger partial charge in [-0.3, -0.25) is 4.72 Å². The number of carbonyl (C=O) groups excluding carboxylic acids is 1. The van der Waals surface area contributed by atoms with Crippen molar-refractivity contribution in [2.24, 2.45) is 0 Å². The van der Waals surface area contributed by atoms with Gasteiger partial charge in [-0.15, -0.1) is 0 Å². The maximum atomic E-state index is 12.9. The van der Waals surface area contributed by atoms with Crippen LogP contribution in [0.3, 0.4) is 0 Å². The first kappa shape index (κ1) is 22.3. The van der Waals surface area contributed by atoms with Crippen molar-refractivity contribution in [3.05, 3.63) is 65.7 Å². The molecule has 3 rings (SSSR count). The maximum absolute atomic E-state index is 12.9. The highest BCUT2D eigenvalue weighted by Gasteiger charge is 2.22. The molecule has 1 heterocycles. The summed E-state index contributed by atoms with van der Waals surface area (Å²) in [6.45, 7) is 3.58. The van der Waals surface area contributed by atoms with Crippen LogP contribution in [0, 0.1) is 6.92 Å². The lowest BCUT2D eigenvalue weighted by Crippen LogP contribution is -2.15. The zero-order chi connectivity index (χ0) is 22.6. The van der Waals surface area contributed by atoms with Crippen molar-refractivity contribution in [2.45, 2.75) is 18.7 Å². The Morgan fingerprint density at radius 3 is 2.52 bits per heavy atom. The van der Waals surface area contributed by atoms with Crippen molar-refractivity contribution in [3.8, 4) is 15.5 Å². The summed E-state index contributed by atoms with van der Waals surface area (Å²) in [5.41, 5.74) is 1.41. The van der Waals surface area contributed by atoms with Gasteiger partial charge in [0.05, 0.1) is 17.1 Å². The minimum absolute atomic E-state index is 0.0211. The molecule has 0 fully saturated rings. The lowest BCUT2D eigenvalue weighted by Gasteiger charge is -2.10. The van der Waals surface area contributed by atoms with Gasteiger partial charge in [-0.25, -0.2) is 18.0 Å². The molecule has 0 atom stereocenters. The first-order chi connectivity index (χ1) is 14.7. The van der Waals surface area contributed by atoms with Crippen LogP contribution < -0.4 is 9.46 Å². The lowest BCUT2D eigenvalue weighted by molar-refractivity contribution is 0.0526. The quantitative estimate of drug-likeness (QED) is 0.487. The van der Waals surface area contributed by atoms with Crippen molar-refractivity contribution in [1.82, 2.24) is 0 Å². The molecular weight excluding hydrogens is 442 g/mol. The molecule has 0 aliphatic heterocycles. The van der Waals surface area contributed by atoms with Crippen LogP contribution in [0.15, 0.2) is 59.5 Å². The number of carbonyl (C=O) groups is 2. The Morgan fingerprint density at radius 1 is 1.10 bits per heavy atom. The molecule has 0 saturated carbocycles. The number of hydrogen-bond acceptors (Lipinski definition) is 7. The molecule has 0 aliphatic carbocycles. The summed E-state index contributed by atoms with van der Waals surface area (Å²) >= 11 is 0.933. The van der Waals surface area contributed by atoms with Crippen LogP contribution in [0.1, 0.15) is 22.8 Å². The number of anilines is 1. The lowest BCUT2D eigenvalue weighted by atomic mass is 10.1. The predicted octanol–water partition coefficient (Wildman–Crippen LogP) is 4.76. The molecule has 0 saturated heterocycles. The summed E-state index contributed by atoms with van der Waals surface area (Å²) in [6.07, 6.45) is -1.58. The zero-order valence-corrected chi connectivity index (χ0v) is 18.2. The second kappa shape index (κ2) is 9.19. The fraction of sp³-hybridized carbons (Fsp3) is 0.143. The number of aryl methyl sites for hydroxylation is 1. The Balaban J connectivity index is 2.01. The topological polar surface area (TPSA) is 119 Å². The van der Waals surface area contributed by atoms with Gasteiger partial charge in [0, 0.05) is 4.88 Å². The standard InChI is InChI=1S/C21H19NO7S2/c1-3-28-19(23)15-9-6-8-14(11-15)17-12-16(20(30-17)29-21(24)25)22-31(26,27)18-10-5-4-7-13(18)2/h4-12,22H,3H2,1-2H3,(H,24,25). The normalized spacial score (nSPS) is 11.0. The summed E-state index contributed by atoms with van der Waals surface area (Å²) in [6, 6.07) is 14.4. The number of esters is 1. The van der Waals surface area contributed by atoms with E-state index in [9.17, 15) is 18.0 Å². The van der Waals surface area contributed by atoms with E-state index >= 15 is 0 Å². The summed E-state index contributed by atoms with van der Waals surface area (Å²) in [7, 11) is -3.99. The van der Waals surface area contributed by atoms with Gasteiger partial charge in [0.25, 0.3) is 10.0 Å². The van der Waals surface area contributed by atoms with Crippen molar-refractivity contribution >= 4 is 39.2 Å². The van der Waals surface area contributed by atoms with Gasteiger partial charge in [-0.05, 0) is 49.2 Å². The number of nitrogens with one attached hydrogen (secondary N) is 1. The molecule has 0 radical (unpaired) electrons. The average molecular weight is 462 g/mol. The van der Waals surface area contributed by atoms with Crippen LogP contribution in [-0.2, 0) is 14.8 Å². The smallest absolute Gasteiger partial charge is 0.462 e. The van der Waals surface area contributed by atoms with Gasteiger partial charge in [-0.1, -0.05) is 41.7 Å². The van der Waals surface area contributed by atoms with Crippen LogP contribution in [0.25, 0.3) is 10.4 Å². The second-order valence-corrected chi connectivity index (χ2v) is 9.02. The molecule has 3 aromatic rings. The van der Waals surface area contributed by atoms with Gasteiger partial charge in [0.2, 0.25) is 5.06 Å². The van der Waals surface area contributed by atoms with Gasteiger partial charge >= 0.3 is 12.1 Å². The molecule has 8 nitrogen and oxygen atoms in total. The third-order valence-corrected chi connectivity index (χ3v) is 6.75. The number of benzene rings is 2. The van der Waals surface area contributed by atoms with Crippen LogP contribution in [0.5, 0.6) is 5.06 Å². The van der Waals surface area contributed by atoms with Gasteiger partial charge < -0.3 is 14.6 Å². The van der Waals surface area contributed by atoms with Crippen molar-refractivity contribution < 1.29 is 32.6 Å². The molecule has 0 unspecified atom stereocenters. The Labute approximate surface area is 183 Å². The monoisotopic (exact) mass is 461 g/mol. The third-order valence-electron chi connectivity index (χ3n) is 4.16. The first-order valence-electron chi connectivity index (χ1n) is 9.12. The highest BCUT2D eigenvalue weighted by molar-refractivity contribution is 7.92. The van der Waals surface area contributed by atoms with E-state index in [0.717, 1.165) is 11.3 Å². The van der Waals surface area contributed by atoms with E-state index in [1.165, 1.54) is 12.1 Å². The number of hydrogen-bond donors (Lipinski definition) is 2. The number of sulfonamides is 1. The third kappa shape index (κ3) is 5.22. The molecule has 10 heteroatoms. The van der Waals surface area contributed by atoms with Crippen LogP contribution in [-0.4, -0.2) is 32.3 Å². The highest BCUT2D eigenvalue weighted by Crippen LogP contribution is 2.42. The van der Waals surface area contributed by atoms with E-state index in [-0.39, 0.29) is 22.3 Å². The Bertz CT molecular complexity index is 1230. The van der Waals surface area contributed by atoms with Crippen molar-refractivity contribution in [1.29, 1.82) is 0 Å². The minimum atomic E-state index is -3.99. The predicted molar refractivity (Wildman–Crippen MR) is 116 cm³/mol. The highest BCUT2D eigenvalue weighted by atomic mass is 32.2. The Hall–Kier alpha value is -3.37. The van der Waals surface area contributed by atoms with Gasteiger partial charge in [0.1, 0.15) is 5.69 Å². The number of carboxylic acid groups (broad SMARTS) is 1. The first-order valence-corrected chi connectivity index (χ1v) is 11.4. The molecule has 0 aliphatic rings. The van der Waals surface area contributed by atoms with Gasteiger partial charge in [-0.2, -0.15) is 0 Å². The number of ether oxygens (including phenoxy) is 2. The fourth-order valence-electron chi connectivity index (χ4n) is 2.81. The zero-order valence-electron chi connectivity index (χ0n) is 16.6. The van der Waals surface area contributed by atoms with E-state index in [0.29, 0.717) is 21.6 Å². The molecule has 162 valence electrons. The molecule has 2 aromatic carbocycles. The maximum Gasteiger partial charge on any atom is 0.512 e. The van der Waals surface area contributed by atoms with E-state index in [1.54, 1.807) is 56.3 Å². The molecular formula is C21H19NO7S2. The van der Waals surface area contributed by atoms with Crippen molar-refractivity contribution in [2.75, 3.05) is 11.3 Å². The van der Waals surface area contributed by atoms with E-state index in [1.807, 2.05) is 0 Å². The summed E-state index contributed by atoms with van der Waals surface area (Å²) in [5, 5.41) is 8.91. The summed E-state index contributed by atoms with van der Waals surface area (Å²) < 4.78 is 37.9. The molecule has 0 bridgehead atoms. The Kier molecular flexibility index (Phi) is 6.62.